The molecule has 0 amide bonds. The molecule has 1 aromatic carbocycles. The highest BCUT2D eigenvalue weighted by Crippen LogP contribution is 2.22. The first kappa shape index (κ1) is 10.6. The van der Waals surface area contributed by atoms with Crippen LogP contribution in [0.5, 0.6) is 0 Å². The smallest absolute Gasteiger partial charge is 0.352 e. The van der Waals surface area contributed by atoms with E-state index < -0.39 is 17.3 Å². The number of hydrogen-bond donors (Lipinski definition) is 2. The van der Waals surface area contributed by atoms with Crippen LogP contribution in [0.2, 0.25) is 5.02 Å². The highest BCUT2D eigenvalue weighted by atomic mass is 35.5. The Bertz CT molecular complexity index is 650. The molecule has 0 aliphatic heterocycles. The van der Waals surface area contributed by atoms with E-state index in [0.717, 1.165) is 12.1 Å². The van der Waals surface area contributed by atoms with Gasteiger partial charge in [-0.25, -0.2) is 9.18 Å². The van der Waals surface area contributed by atoms with Gasteiger partial charge in [-0.05, 0) is 18.2 Å². The Morgan fingerprint density at radius 3 is 2.75 bits per heavy atom. The minimum atomic E-state index is -1.33. The summed E-state index contributed by atoms with van der Waals surface area (Å²) in [5, 5.41) is 8.63. The number of carboxylic acid groups (broad SMARTS) is 1. The summed E-state index contributed by atoms with van der Waals surface area (Å²) in [7, 11) is 0. The van der Waals surface area contributed by atoms with Gasteiger partial charge in [0.05, 0.1) is 10.4 Å². The summed E-state index contributed by atoms with van der Waals surface area (Å²) in [6, 6.07) is 3.37. The molecule has 16 heavy (non-hydrogen) atoms. The van der Waals surface area contributed by atoms with Crippen LogP contribution in [0.1, 0.15) is 10.5 Å². The molecule has 0 saturated heterocycles. The van der Waals surface area contributed by atoms with Gasteiger partial charge in [0.25, 0.3) is 5.56 Å². The molecule has 0 aliphatic carbocycles. The Kier molecular flexibility index (Phi) is 2.40. The number of aromatic amines is 1. The highest BCUT2D eigenvalue weighted by Gasteiger charge is 2.12. The average molecular weight is 242 g/mol. The van der Waals surface area contributed by atoms with Crippen molar-refractivity contribution in [3.8, 4) is 0 Å². The Morgan fingerprint density at radius 1 is 1.44 bits per heavy atom. The number of aromatic carboxylic acids is 1. The van der Waals surface area contributed by atoms with E-state index in [4.69, 9.17) is 16.7 Å². The van der Waals surface area contributed by atoms with Crippen LogP contribution in [0.4, 0.5) is 4.39 Å². The maximum Gasteiger partial charge on any atom is 0.352 e. The van der Waals surface area contributed by atoms with Crippen molar-refractivity contribution in [1.82, 2.24) is 4.98 Å². The lowest BCUT2D eigenvalue weighted by Gasteiger charge is -2.02. The minimum Gasteiger partial charge on any atom is -0.477 e. The van der Waals surface area contributed by atoms with E-state index in [-0.39, 0.29) is 21.5 Å². The molecule has 6 heteroatoms. The molecule has 0 aliphatic rings. The van der Waals surface area contributed by atoms with E-state index >= 15 is 0 Å². The molecule has 2 aromatic rings. The number of carboxylic acids is 1. The van der Waals surface area contributed by atoms with Crippen molar-refractivity contribution in [3.63, 3.8) is 0 Å². The van der Waals surface area contributed by atoms with E-state index in [1.54, 1.807) is 0 Å². The van der Waals surface area contributed by atoms with Gasteiger partial charge in [0.2, 0.25) is 0 Å². The fraction of sp³-hybridized carbons (Fsp3) is 0. The van der Waals surface area contributed by atoms with Crippen LogP contribution in [0.25, 0.3) is 10.8 Å². The third kappa shape index (κ3) is 1.55. The highest BCUT2D eigenvalue weighted by molar-refractivity contribution is 6.35. The Labute approximate surface area is 93.3 Å². The second-order valence-electron chi connectivity index (χ2n) is 3.14. The molecule has 1 aromatic heterocycles. The van der Waals surface area contributed by atoms with Crippen LogP contribution in [0.3, 0.4) is 0 Å². The van der Waals surface area contributed by atoms with Gasteiger partial charge >= 0.3 is 5.97 Å². The largest absolute Gasteiger partial charge is 0.477 e. The number of pyridine rings is 1. The number of nitrogens with one attached hydrogen (secondary N) is 1. The van der Waals surface area contributed by atoms with Crippen LogP contribution < -0.4 is 5.56 Å². The van der Waals surface area contributed by atoms with Crippen molar-refractivity contribution in [2.24, 2.45) is 0 Å². The van der Waals surface area contributed by atoms with Crippen molar-refractivity contribution in [2.45, 2.75) is 0 Å². The molecule has 4 nitrogen and oxygen atoms in total. The normalized spacial score (nSPS) is 10.6. The summed E-state index contributed by atoms with van der Waals surface area (Å²) in [6.07, 6.45) is 0. The lowest BCUT2D eigenvalue weighted by atomic mass is 10.1. The van der Waals surface area contributed by atoms with Crippen LogP contribution >= 0.6 is 11.6 Å². The molecule has 0 unspecified atom stereocenters. The third-order valence-corrected chi connectivity index (χ3v) is 2.45. The van der Waals surface area contributed by atoms with Crippen LogP contribution in [-0.2, 0) is 0 Å². The molecular formula is C10H5ClFNO3. The first-order chi connectivity index (χ1) is 7.50. The van der Waals surface area contributed by atoms with Crippen molar-refractivity contribution < 1.29 is 14.3 Å². The van der Waals surface area contributed by atoms with Crippen LogP contribution in [-0.4, -0.2) is 16.1 Å². The monoisotopic (exact) mass is 241 g/mol. The fourth-order valence-electron chi connectivity index (χ4n) is 1.42. The number of aromatic nitrogens is 1. The summed E-state index contributed by atoms with van der Waals surface area (Å²) in [6.45, 7) is 0. The Balaban J connectivity index is 2.98. The zero-order chi connectivity index (χ0) is 11.9. The summed E-state index contributed by atoms with van der Waals surface area (Å²) in [5.74, 6) is -2.02. The molecule has 2 rings (SSSR count). The molecule has 0 radical (unpaired) electrons. The molecule has 82 valence electrons. The standard InChI is InChI=1S/C10H5ClFNO3/c11-5-1-2-6(12)4-3-7(10(15)16)13-9(14)8(4)5/h1-3H,(H,13,14)(H,15,16). The number of fused-ring (bicyclic) bond motifs is 1. The molecule has 0 bridgehead atoms. The van der Waals surface area contributed by atoms with E-state index in [9.17, 15) is 14.0 Å². The maximum atomic E-state index is 13.4. The first-order valence-corrected chi connectivity index (χ1v) is 4.63. The Morgan fingerprint density at radius 2 is 2.12 bits per heavy atom. The van der Waals surface area contributed by atoms with E-state index in [1.165, 1.54) is 6.07 Å². The lowest BCUT2D eigenvalue weighted by Crippen LogP contribution is -2.13. The zero-order valence-corrected chi connectivity index (χ0v) is 8.51. The number of H-pyrrole nitrogens is 1. The average Bonchev–Trinajstić information content (AvgIpc) is 2.22. The second kappa shape index (κ2) is 3.61. The Hall–Kier alpha value is -1.88. The van der Waals surface area contributed by atoms with Gasteiger partial charge in [-0.1, -0.05) is 11.6 Å². The molecule has 2 N–H and O–H groups in total. The topological polar surface area (TPSA) is 70.2 Å². The summed E-state index contributed by atoms with van der Waals surface area (Å²) < 4.78 is 13.4. The molecular weight excluding hydrogens is 237 g/mol. The quantitative estimate of drug-likeness (QED) is 0.802. The van der Waals surface area contributed by atoms with Gasteiger partial charge in [-0.3, -0.25) is 4.79 Å². The van der Waals surface area contributed by atoms with Gasteiger partial charge in [-0.2, -0.15) is 0 Å². The molecule has 0 saturated carbocycles. The van der Waals surface area contributed by atoms with Gasteiger partial charge in [0.1, 0.15) is 11.5 Å². The van der Waals surface area contributed by atoms with Gasteiger partial charge in [-0.15, -0.1) is 0 Å². The number of hydrogen-bond acceptors (Lipinski definition) is 2. The van der Waals surface area contributed by atoms with Gasteiger partial charge in [0, 0.05) is 5.39 Å². The number of carbonyl (C=O) groups is 1. The van der Waals surface area contributed by atoms with Crippen molar-refractivity contribution in [1.29, 1.82) is 0 Å². The molecule has 1 heterocycles. The molecule has 0 fully saturated rings. The molecule has 0 atom stereocenters. The predicted octanol–water partition coefficient (Wildman–Crippen LogP) is 2.02. The predicted molar refractivity (Wildman–Crippen MR) is 56.5 cm³/mol. The van der Waals surface area contributed by atoms with Gasteiger partial charge < -0.3 is 10.1 Å². The van der Waals surface area contributed by atoms with E-state index in [2.05, 4.69) is 4.98 Å². The van der Waals surface area contributed by atoms with Crippen molar-refractivity contribution in [3.05, 3.63) is 45.1 Å². The van der Waals surface area contributed by atoms with Crippen LogP contribution in [0, 0.1) is 5.82 Å². The summed E-state index contributed by atoms with van der Waals surface area (Å²) in [5.41, 5.74) is -1.10. The number of benzene rings is 1. The maximum absolute atomic E-state index is 13.4. The van der Waals surface area contributed by atoms with E-state index in [0.29, 0.717) is 0 Å². The van der Waals surface area contributed by atoms with Gasteiger partial charge in [0.15, 0.2) is 0 Å². The lowest BCUT2D eigenvalue weighted by molar-refractivity contribution is 0.0690. The third-order valence-electron chi connectivity index (χ3n) is 2.14. The fourth-order valence-corrected chi connectivity index (χ4v) is 1.67. The van der Waals surface area contributed by atoms with Crippen molar-refractivity contribution >= 4 is 28.3 Å². The minimum absolute atomic E-state index is 0.0494. The van der Waals surface area contributed by atoms with Crippen molar-refractivity contribution in [2.75, 3.05) is 0 Å². The summed E-state index contributed by atoms with van der Waals surface area (Å²) in [4.78, 5) is 24.3. The number of rotatable bonds is 1. The van der Waals surface area contributed by atoms with Crippen LogP contribution in [0.15, 0.2) is 23.0 Å². The first-order valence-electron chi connectivity index (χ1n) is 4.25. The zero-order valence-electron chi connectivity index (χ0n) is 7.75. The molecule has 0 spiro atoms. The SMILES string of the molecule is O=C(O)c1cc2c(F)ccc(Cl)c2c(=O)[nH]1. The van der Waals surface area contributed by atoms with E-state index in [1.807, 2.05) is 0 Å². The number of halogens is 2. The second-order valence-corrected chi connectivity index (χ2v) is 3.54. The summed E-state index contributed by atoms with van der Waals surface area (Å²) >= 11 is 5.73.